The zero-order chi connectivity index (χ0) is 13.7. The van der Waals surface area contributed by atoms with Gasteiger partial charge in [-0.15, -0.1) is 0 Å². The van der Waals surface area contributed by atoms with Crippen molar-refractivity contribution >= 4 is 0 Å². The minimum atomic E-state index is 0.501. The van der Waals surface area contributed by atoms with Gasteiger partial charge in [0.05, 0.1) is 0 Å². The molecule has 2 nitrogen and oxygen atoms in total. The minimum Gasteiger partial charge on any atom is -0.314 e. The molecule has 2 heterocycles. The van der Waals surface area contributed by atoms with E-state index in [1.807, 2.05) is 0 Å². The molecule has 0 aromatic heterocycles. The summed E-state index contributed by atoms with van der Waals surface area (Å²) in [6, 6.07) is 0.801. The van der Waals surface area contributed by atoms with Crippen LogP contribution in [0, 0.1) is 11.3 Å². The van der Waals surface area contributed by atoms with Crippen LogP contribution in [0.5, 0.6) is 0 Å². The lowest BCUT2D eigenvalue weighted by atomic mass is 9.77. The van der Waals surface area contributed by atoms with E-state index in [2.05, 4.69) is 31.0 Å². The molecule has 0 aliphatic carbocycles. The van der Waals surface area contributed by atoms with Gasteiger partial charge in [-0.05, 0) is 76.0 Å². The molecular weight excluding hydrogens is 232 g/mol. The molecule has 0 amide bonds. The zero-order valence-corrected chi connectivity index (χ0v) is 13.4. The van der Waals surface area contributed by atoms with E-state index < -0.39 is 0 Å². The first-order chi connectivity index (χ1) is 9.05. The van der Waals surface area contributed by atoms with Crippen LogP contribution in [0.1, 0.15) is 65.7 Å². The van der Waals surface area contributed by atoms with Gasteiger partial charge in [-0.3, -0.25) is 0 Å². The summed E-state index contributed by atoms with van der Waals surface area (Å²) in [4.78, 5) is 2.72. The van der Waals surface area contributed by atoms with Crippen LogP contribution in [-0.4, -0.2) is 37.1 Å². The van der Waals surface area contributed by atoms with Gasteiger partial charge in [-0.1, -0.05) is 27.2 Å². The zero-order valence-electron chi connectivity index (χ0n) is 13.4. The number of piperidine rings is 1. The van der Waals surface area contributed by atoms with Crippen molar-refractivity contribution in [2.24, 2.45) is 11.3 Å². The summed E-state index contributed by atoms with van der Waals surface area (Å²) < 4.78 is 0. The molecule has 2 aliphatic rings. The quantitative estimate of drug-likeness (QED) is 0.838. The molecule has 0 bridgehead atoms. The first-order valence-electron chi connectivity index (χ1n) is 8.51. The average Bonchev–Trinajstić information content (AvgIpc) is 2.62. The van der Waals surface area contributed by atoms with E-state index in [1.165, 1.54) is 71.1 Å². The van der Waals surface area contributed by atoms with E-state index in [0.29, 0.717) is 5.41 Å². The number of nitrogens with zero attached hydrogens (tertiary/aromatic N) is 1. The topological polar surface area (TPSA) is 15.3 Å². The van der Waals surface area contributed by atoms with Gasteiger partial charge in [0.25, 0.3) is 0 Å². The second-order valence-electron chi connectivity index (χ2n) is 7.77. The summed E-state index contributed by atoms with van der Waals surface area (Å²) >= 11 is 0. The lowest BCUT2D eigenvalue weighted by Gasteiger charge is -2.30. The third-order valence-electron chi connectivity index (χ3n) is 5.25. The number of likely N-dealkylation sites (tertiary alicyclic amines) is 1. The number of hydrogen-bond donors (Lipinski definition) is 1. The first kappa shape index (κ1) is 15.3. The molecule has 2 heteroatoms. The highest BCUT2D eigenvalue weighted by Gasteiger charge is 2.27. The van der Waals surface area contributed by atoms with Crippen molar-refractivity contribution in [1.82, 2.24) is 10.2 Å². The Balaban J connectivity index is 1.70. The molecule has 2 unspecified atom stereocenters. The third kappa shape index (κ3) is 5.07. The van der Waals surface area contributed by atoms with Crippen molar-refractivity contribution < 1.29 is 0 Å². The van der Waals surface area contributed by atoms with Gasteiger partial charge >= 0.3 is 0 Å². The highest BCUT2D eigenvalue weighted by Crippen LogP contribution is 2.34. The van der Waals surface area contributed by atoms with Crippen molar-refractivity contribution in [3.8, 4) is 0 Å². The molecular formula is C17H34N2. The van der Waals surface area contributed by atoms with E-state index in [9.17, 15) is 0 Å². The Hall–Kier alpha value is -0.0800. The molecule has 0 aromatic rings. The van der Waals surface area contributed by atoms with Gasteiger partial charge in [0.2, 0.25) is 0 Å². The average molecular weight is 266 g/mol. The Morgan fingerprint density at radius 2 is 1.84 bits per heavy atom. The predicted octanol–water partition coefficient (Wildman–Crippen LogP) is 3.67. The Morgan fingerprint density at radius 3 is 2.53 bits per heavy atom. The van der Waals surface area contributed by atoms with Crippen LogP contribution < -0.4 is 5.32 Å². The van der Waals surface area contributed by atoms with Crippen molar-refractivity contribution in [2.75, 3.05) is 26.2 Å². The molecule has 2 saturated heterocycles. The molecule has 1 N–H and O–H groups in total. The van der Waals surface area contributed by atoms with Gasteiger partial charge in [0, 0.05) is 6.04 Å². The van der Waals surface area contributed by atoms with Gasteiger partial charge in [0.1, 0.15) is 0 Å². The molecule has 2 aliphatic heterocycles. The maximum absolute atomic E-state index is 3.68. The predicted molar refractivity (Wildman–Crippen MR) is 83.5 cm³/mol. The van der Waals surface area contributed by atoms with Crippen LogP contribution in [-0.2, 0) is 0 Å². The number of nitrogens with one attached hydrogen (secondary N) is 1. The molecule has 2 atom stereocenters. The monoisotopic (exact) mass is 266 g/mol. The van der Waals surface area contributed by atoms with Crippen LogP contribution >= 0.6 is 0 Å². The van der Waals surface area contributed by atoms with Crippen LogP contribution in [0.25, 0.3) is 0 Å². The molecule has 19 heavy (non-hydrogen) atoms. The van der Waals surface area contributed by atoms with Crippen LogP contribution in [0.2, 0.25) is 0 Å². The number of rotatable bonds is 3. The molecule has 0 saturated carbocycles. The van der Waals surface area contributed by atoms with E-state index in [-0.39, 0.29) is 0 Å². The largest absolute Gasteiger partial charge is 0.314 e. The summed E-state index contributed by atoms with van der Waals surface area (Å²) in [5.74, 6) is 0.922. The standard InChI is InChI=1S/C17H34N2/c1-17(2,3)15-7-6-12-19(13-9-15)14-10-16-8-4-5-11-18-16/h15-16,18H,4-14H2,1-3H3. The summed E-state index contributed by atoms with van der Waals surface area (Å²) in [7, 11) is 0. The van der Waals surface area contributed by atoms with E-state index in [4.69, 9.17) is 0 Å². The maximum atomic E-state index is 3.68. The van der Waals surface area contributed by atoms with Crippen molar-refractivity contribution in [2.45, 2.75) is 71.8 Å². The smallest absolute Gasteiger partial charge is 0.00792 e. The molecule has 0 aromatic carbocycles. The Morgan fingerprint density at radius 1 is 1.00 bits per heavy atom. The lowest BCUT2D eigenvalue weighted by molar-refractivity contribution is 0.204. The fraction of sp³-hybridized carbons (Fsp3) is 1.00. The highest BCUT2D eigenvalue weighted by molar-refractivity contribution is 4.80. The summed E-state index contributed by atoms with van der Waals surface area (Å²) in [5, 5.41) is 3.68. The van der Waals surface area contributed by atoms with Crippen LogP contribution in [0.3, 0.4) is 0 Å². The summed E-state index contributed by atoms with van der Waals surface area (Å²) in [6.07, 6.45) is 9.82. The molecule has 2 rings (SSSR count). The van der Waals surface area contributed by atoms with Crippen LogP contribution in [0.15, 0.2) is 0 Å². The Kier molecular flexibility index (Phi) is 5.70. The normalized spacial score (nSPS) is 31.1. The van der Waals surface area contributed by atoms with Crippen LogP contribution in [0.4, 0.5) is 0 Å². The van der Waals surface area contributed by atoms with E-state index in [1.54, 1.807) is 0 Å². The van der Waals surface area contributed by atoms with Gasteiger partial charge in [-0.25, -0.2) is 0 Å². The van der Waals surface area contributed by atoms with Gasteiger partial charge in [0.15, 0.2) is 0 Å². The SMILES string of the molecule is CC(C)(C)C1CCCN(CCC2CCCCN2)CC1. The third-order valence-corrected chi connectivity index (χ3v) is 5.25. The van der Waals surface area contributed by atoms with Gasteiger partial charge < -0.3 is 10.2 Å². The number of hydrogen-bond acceptors (Lipinski definition) is 2. The van der Waals surface area contributed by atoms with E-state index >= 15 is 0 Å². The second kappa shape index (κ2) is 7.08. The molecule has 2 fully saturated rings. The van der Waals surface area contributed by atoms with Crippen molar-refractivity contribution in [3.05, 3.63) is 0 Å². The van der Waals surface area contributed by atoms with Crippen molar-refractivity contribution in [3.63, 3.8) is 0 Å². The Bertz CT molecular complexity index is 250. The molecule has 112 valence electrons. The second-order valence-corrected chi connectivity index (χ2v) is 7.77. The fourth-order valence-corrected chi connectivity index (χ4v) is 3.75. The summed E-state index contributed by atoms with van der Waals surface area (Å²) in [5.41, 5.74) is 0.501. The maximum Gasteiger partial charge on any atom is 0.00792 e. The highest BCUT2D eigenvalue weighted by atomic mass is 15.1. The molecule has 0 spiro atoms. The Labute approximate surface area is 120 Å². The fourth-order valence-electron chi connectivity index (χ4n) is 3.75. The lowest BCUT2D eigenvalue weighted by Crippen LogP contribution is -2.37. The van der Waals surface area contributed by atoms with E-state index in [0.717, 1.165) is 12.0 Å². The summed E-state index contributed by atoms with van der Waals surface area (Å²) in [6.45, 7) is 12.5. The first-order valence-corrected chi connectivity index (χ1v) is 8.51. The minimum absolute atomic E-state index is 0.501. The van der Waals surface area contributed by atoms with Gasteiger partial charge in [-0.2, -0.15) is 0 Å². The van der Waals surface area contributed by atoms with Crippen molar-refractivity contribution in [1.29, 1.82) is 0 Å². The molecule has 0 radical (unpaired) electrons.